The maximum Gasteiger partial charge on any atom is 0.191 e. The number of rotatable bonds is 9. The first kappa shape index (κ1) is 20.7. The van der Waals surface area contributed by atoms with E-state index in [1.165, 1.54) is 5.56 Å². The van der Waals surface area contributed by atoms with E-state index in [0.717, 1.165) is 51.6 Å². The van der Waals surface area contributed by atoms with E-state index in [0.29, 0.717) is 0 Å². The van der Waals surface area contributed by atoms with Crippen molar-refractivity contribution in [3.05, 3.63) is 22.4 Å². The highest BCUT2D eigenvalue weighted by Gasteiger charge is 2.00. The number of hydrogen-bond donors (Lipinski definition) is 2. The van der Waals surface area contributed by atoms with E-state index in [-0.39, 0.29) is 24.0 Å². The predicted octanol–water partition coefficient (Wildman–Crippen LogP) is 3.15. The highest BCUT2D eigenvalue weighted by atomic mass is 127. The first-order valence-corrected chi connectivity index (χ1v) is 8.50. The molecule has 0 amide bonds. The van der Waals surface area contributed by atoms with Gasteiger partial charge in [0.05, 0.1) is 6.54 Å². The van der Waals surface area contributed by atoms with Gasteiger partial charge in [-0.05, 0) is 55.4 Å². The molecule has 122 valence electrons. The van der Waals surface area contributed by atoms with Crippen molar-refractivity contribution in [2.75, 3.05) is 32.7 Å². The number of nitrogens with zero attached hydrogens (tertiary/aromatic N) is 2. The van der Waals surface area contributed by atoms with Crippen molar-refractivity contribution < 1.29 is 0 Å². The number of hydrogen-bond acceptors (Lipinski definition) is 3. The van der Waals surface area contributed by atoms with Crippen LogP contribution in [0.5, 0.6) is 0 Å². The van der Waals surface area contributed by atoms with E-state index in [9.17, 15) is 0 Å². The summed E-state index contributed by atoms with van der Waals surface area (Å²) < 4.78 is 0. The minimum Gasteiger partial charge on any atom is -0.357 e. The Balaban J connectivity index is 0.00000400. The van der Waals surface area contributed by atoms with Crippen LogP contribution in [0.15, 0.2) is 21.8 Å². The predicted molar refractivity (Wildman–Crippen MR) is 105 cm³/mol. The second-order valence-electron chi connectivity index (χ2n) is 4.63. The summed E-state index contributed by atoms with van der Waals surface area (Å²) in [5.41, 5.74) is 1.27. The highest BCUT2D eigenvalue weighted by molar-refractivity contribution is 14.0. The summed E-state index contributed by atoms with van der Waals surface area (Å²) in [6.07, 6.45) is 1.14. The molecule has 1 aromatic rings. The quantitative estimate of drug-likeness (QED) is 0.277. The molecule has 2 N–H and O–H groups in total. The number of nitrogens with one attached hydrogen (secondary N) is 2. The summed E-state index contributed by atoms with van der Waals surface area (Å²) in [7, 11) is 0. The van der Waals surface area contributed by atoms with Crippen LogP contribution in [0.3, 0.4) is 0 Å². The van der Waals surface area contributed by atoms with E-state index in [4.69, 9.17) is 0 Å². The van der Waals surface area contributed by atoms with Gasteiger partial charge in [0.1, 0.15) is 0 Å². The SMILES string of the molecule is CCNC(=NCc1ccsc1)NCCCN(CC)CC.I. The third-order valence-corrected chi connectivity index (χ3v) is 3.91. The van der Waals surface area contributed by atoms with Crippen LogP contribution in [0.25, 0.3) is 0 Å². The van der Waals surface area contributed by atoms with Crippen LogP contribution in [0.1, 0.15) is 32.8 Å². The molecule has 0 spiro atoms. The van der Waals surface area contributed by atoms with Crippen LogP contribution in [-0.2, 0) is 6.54 Å². The Bertz CT molecular complexity index is 364. The minimum atomic E-state index is 0. The molecule has 0 radical (unpaired) electrons. The molecule has 1 aromatic heterocycles. The Morgan fingerprint density at radius 2 is 2.00 bits per heavy atom. The topological polar surface area (TPSA) is 39.7 Å². The second-order valence-corrected chi connectivity index (χ2v) is 5.41. The minimum absolute atomic E-state index is 0. The van der Waals surface area contributed by atoms with Crippen LogP contribution in [0.2, 0.25) is 0 Å². The summed E-state index contributed by atoms with van der Waals surface area (Å²) in [5.74, 6) is 0.915. The van der Waals surface area contributed by atoms with Crippen molar-refractivity contribution in [3.8, 4) is 0 Å². The first-order chi connectivity index (χ1) is 9.80. The molecule has 6 heteroatoms. The molecule has 1 heterocycles. The van der Waals surface area contributed by atoms with Crippen LogP contribution in [0, 0.1) is 0 Å². The highest BCUT2D eigenvalue weighted by Crippen LogP contribution is 2.06. The smallest absolute Gasteiger partial charge is 0.191 e. The number of aliphatic imine (C=N–C) groups is 1. The lowest BCUT2D eigenvalue weighted by molar-refractivity contribution is 0.300. The van der Waals surface area contributed by atoms with Crippen LogP contribution < -0.4 is 10.6 Å². The van der Waals surface area contributed by atoms with Crippen molar-refractivity contribution in [3.63, 3.8) is 0 Å². The van der Waals surface area contributed by atoms with Crippen LogP contribution in [0.4, 0.5) is 0 Å². The molecule has 0 saturated carbocycles. The van der Waals surface area contributed by atoms with E-state index in [1.807, 2.05) is 0 Å². The summed E-state index contributed by atoms with van der Waals surface area (Å²) in [5, 5.41) is 10.9. The number of thiophene rings is 1. The maximum absolute atomic E-state index is 4.60. The molecule has 0 atom stereocenters. The second kappa shape index (κ2) is 13.3. The van der Waals surface area contributed by atoms with Crippen LogP contribution >= 0.6 is 35.3 Å². The molecule has 1 rings (SSSR count). The molecule has 21 heavy (non-hydrogen) atoms. The fourth-order valence-corrected chi connectivity index (χ4v) is 2.60. The zero-order chi connectivity index (χ0) is 14.6. The molecular formula is C15H29IN4S. The molecule has 0 aromatic carbocycles. The van der Waals surface area contributed by atoms with Gasteiger partial charge in [0, 0.05) is 13.1 Å². The van der Waals surface area contributed by atoms with E-state index in [2.05, 4.69) is 58.1 Å². The van der Waals surface area contributed by atoms with Gasteiger partial charge in [-0.25, -0.2) is 4.99 Å². The molecule has 0 bridgehead atoms. The molecule has 0 saturated heterocycles. The molecule has 0 unspecified atom stereocenters. The lowest BCUT2D eigenvalue weighted by atomic mass is 10.3. The van der Waals surface area contributed by atoms with Gasteiger partial charge in [0.15, 0.2) is 5.96 Å². The average molecular weight is 424 g/mol. The van der Waals surface area contributed by atoms with Gasteiger partial charge < -0.3 is 15.5 Å². The zero-order valence-corrected chi connectivity index (χ0v) is 16.5. The lowest BCUT2D eigenvalue weighted by Gasteiger charge is -2.18. The Hall–Kier alpha value is -0.340. The van der Waals surface area contributed by atoms with Crippen molar-refractivity contribution in [2.45, 2.75) is 33.7 Å². The van der Waals surface area contributed by atoms with Gasteiger partial charge >= 0.3 is 0 Å². The number of guanidine groups is 1. The van der Waals surface area contributed by atoms with Crippen molar-refractivity contribution in [2.24, 2.45) is 4.99 Å². The largest absolute Gasteiger partial charge is 0.357 e. The molecule has 0 aliphatic heterocycles. The van der Waals surface area contributed by atoms with Crippen molar-refractivity contribution >= 4 is 41.3 Å². The normalized spacial score (nSPS) is 11.3. The standard InChI is InChI=1S/C15H28N4S.HI/c1-4-16-15(18-12-14-8-11-20-13-14)17-9-7-10-19(5-2)6-3;/h8,11,13H,4-7,9-10,12H2,1-3H3,(H2,16,17,18);1H. The fraction of sp³-hybridized carbons (Fsp3) is 0.667. The van der Waals surface area contributed by atoms with E-state index < -0.39 is 0 Å². The van der Waals surface area contributed by atoms with Gasteiger partial charge in [-0.3, -0.25) is 0 Å². The van der Waals surface area contributed by atoms with Crippen molar-refractivity contribution in [1.29, 1.82) is 0 Å². The Morgan fingerprint density at radius 3 is 2.57 bits per heavy atom. The van der Waals surface area contributed by atoms with Gasteiger partial charge in [0.25, 0.3) is 0 Å². The van der Waals surface area contributed by atoms with E-state index >= 15 is 0 Å². The van der Waals surface area contributed by atoms with Gasteiger partial charge in [-0.15, -0.1) is 24.0 Å². The molecule has 4 nitrogen and oxygen atoms in total. The van der Waals surface area contributed by atoms with Gasteiger partial charge in [-0.1, -0.05) is 13.8 Å². The molecule has 0 aliphatic rings. The average Bonchev–Trinajstić information content (AvgIpc) is 2.98. The molecule has 0 aliphatic carbocycles. The Labute approximate surface area is 150 Å². The monoisotopic (exact) mass is 424 g/mol. The summed E-state index contributed by atoms with van der Waals surface area (Å²) in [6.45, 7) is 12.5. The number of halogens is 1. The Kier molecular flexibility index (Phi) is 13.1. The fourth-order valence-electron chi connectivity index (χ4n) is 1.94. The summed E-state index contributed by atoms with van der Waals surface area (Å²) in [4.78, 5) is 7.04. The maximum atomic E-state index is 4.60. The lowest BCUT2D eigenvalue weighted by Crippen LogP contribution is -2.38. The van der Waals surface area contributed by atoms with Crippen molar-refractivity contribution in [1.82, 2.24) is 15.5 Å². The van der Waals surface area contributed by atoms with Crippen LogP contribution in [-0.4, -0.2) is 43.6 Å². The van der Waals surface area contributed by atoms with Gasteiger partial charge in [-0.2, -0.15) is 11.3 Å². The van der Waals surface area contributed by atoms with Gasteiger partial charge in [0.2, 0.25) is 0 Å². The third-order valence-electron chi connectivity index (χ3n) is 3.18. The van der Waals surface area contributed by atoms with E-state index in [1.54, 1.807) is 11.3 Å². The molecular weight excluding hydrogens is 395 g/mol. The Morgan fingerprint density at radius 1 is 1.24 bits per heavy atom. The summed E-state index contributed by atoms with van der Waals surface area (Å²) in [6, 6.07) is 2.12. The third kappa shape index (κ3) is 9.31. The summed E-state index contributed by atoms with van der Waals surface area (Å²) >= 11 is 1.72. The zero-order valence-electron chi connectivity index (χ0n) is 13.4. The first-order valence-electron chi connectivity index (χ1n) is 7.55. The molecule has 0 fully saturated rings.